The number of nitriles is 1. The van der Waals surface area contributed by atoms with E-state index in [1.807, 2.05) is 13.0 Å². The molecule has 0 aliphatic carbocycles. The number of fused-ring (bicyclic) bond motifs is 1. The zero-order chi connectivity index (χ0) is 21.8. The van der Waals surface area contributed by atoms with Crippen molar-refractivity contribution in [2.24, 2.45) is 0 Å². The number of Topliss-reactive ketones (excluding diaryl/α,β-unsaturated/α-hetero) is 1. The Labute approximate surface area is 178 Å². The third kappa shape index (κ3) is 4.00. The molecule has 0 unspecified atom stereocenters. The lowest BCUT2D eigenvalue weighted by Gasteiger charge is -2.15. The van der Waals surface area contributed by atoms with Crippen molar-refractivity contribution in [3.8, 4) is 17.6 Å². The highest BCUT2D eigenvalue weighted by Crippen LogP contribution is 2.34. The number of phenols is 1. The number of carbonyl (C=O) groups is 1. The van der Waals surface area contributed by atoms with Crippen LogP contribution in [0.4, 0.5) is 0 Å². The van der Waals surface area contributed by atoms with Crippen LogP contribution in [0.15, 0.2) is 35.4 Å². The topological polar surface area (TPSA) is 105 Å². The molecular weight excluding hydrogens is 406 g/mol. The molecule has 8 heteroatoms. The average Bonchev–Trinajstić information content (AvgIpc) is 2.71. The monoisotopic (exact) mass is 425 g/mol. The lowest BCUT2D eigenvalue weighted by atomic mass is 10.0. The largest absolute Gasteiger partial charge is 0.507 e. The second kappa shape index (κ2) is 8.97. The molecule has 7 nitrogen and oxygen atoms in total. The number of aromatic hydroxyl groups is 1. The fraction of sp³-hybridized carbons (Fsp3) is 0.273. The maximum absolute atomic E-state index is 12.4. The van der Waals surface area contributed by atoms with Crippen molar-refractivity contribution in [1.82, 2.24) is 9.38 Å². The number of ketones is 1. The van der Waals surface area contributed by atoms with E-state index >= 15 is 0 Å². The van der Waals surface area contributed by atoms with Crippen molar-refractivity contribution in [3.05, 3.63) is 68.2 Å². The molecule has 0 amide bonds. The third-order valence-electron chi connectivity index (χ3n) is 4.74. The average molecular weight is 426 g/mol. The van der Waals surface area contributed by atoms with Crippen LogP contribution in [-0.4, -0.2) is 20.3 Å². The Morgan fingerprint density at radius 3 is 2.77 bits per heavy atom. The molecule has 3 rings (SSSR count). The van der Waals surface area contributed by atoms with E-state index in [9.17, 15) is 14.7 Å². The van der Waals surface area contributed by atoms with E-state index in [0.29, 0.717) is 28.9 Å². The van der Waals surface area contributed by atoms with Crippen molar-refractivity contribution < 1.29 is 14.6 Å². The van der Waals surface area contributed by atoms with E-state index in [0.717, 1.165) is 6.42 Å². The molecule has 0 aliphatic heterocycles. The van der Waals surface area contributed by atoms with Gasteiger partial charge >= 0.3 is 0 Å². The van der Waals surface area contributed by atoms with Gasteiger partial charge in [-0.25, -0.2) is 4.98 Å². The van der Waals surface area contributed by atoms with Gasteiger partial charge in [0, 0.05) is 23.5 Å². The Hall–Kier alpha value is -3.37. The quantitative estimate of drug-likeness (QED) is 0.576. The summed E-state index contributed by atoms with van der Waals surface area (Å²) >= 11 is 6.45. The minimum atomic E-state index is -0.342. The van der Waals surface area contributed by atoms with Gasteiger partial charge in [0.25, 0.3) is 5.56 Å². The second-order valence-electron chi connectivity index (χ2n) is 6.81. The highest BCUT2D eigenvalue weighted by molar-refractivity contribution is 6.34. The second-order valence-corrected chi connectivity index (χ2v) is 7.18. The van der Waals surface area contributed by atoms with Crippen LogP contribution in [0.25, 0.3) is 5.65 Å². The molecule has 0 radical (unpaired) electrons. The number of nitrogens with zero attached hydrogens (tertiary/aromatic N) is 3. The Morgan fingerprint density at radius 2 is 2.10 bits per heavy atom. The number of halogens is 1. The van der Waals surface area contributed by atoms with Gasteiger partial charge in [0.15, 0.2) is 11.4 Å². The number of ether oxygens (including phenoxy) is 1. The molecule has 0 aliphatic rings. The summed E-state index contributed by atoms with van der Waals surface area (Å²) in [5.74, 6) is 0.177. The van der Waals surface area contributed by atoms with E-state index in [1.165, 1.54) is 23.6 Å². The number of hydrogen-bond acceptors (Lipinski definition) is 6. The minimum Gasteiger partial charge on any atom is -0.507 e. The predicted molar refractivity (Wildman–Crippen MR) is 112 cm³/mol. The number of phenolic OH excluding ortho intramolecular Hbond substituents is 1. The first-order valence-corrected chi connectivity index (χ1v) is 9.80. The molecule has 0 spiro atoms. The highest BCUT2D eigenvalue weighted by atomic mass is 35.5. The van der Waals surface area contributed by atoms with Crippen molar-refractivity contribution in [2.45, 2.75) is 39.7 Å². The lowest BCUT2D eigenvalue weighted by molar-refractivity contribution is 0.101. The summed E-state index contributed by atoms with van der Waals surface area (Å²) in [4.78, 5) is 28.3. The molecule has 0 bridgehead atoms. The minimum absolute atomic E-state index is 0.0305. The maximum Gasteiger partial charge on any atom is 0.262 e. The number of benzene rings is 1. The molecule has 0 saturated carbocycles. The van der Waals surface area contributed by atoms with Gasteiger partial charge in [-0.05, 0) is 31.5 Å². The molecule has 30 heavy (non-hydrogen) atoms. The Kier molecular flexibility index (Phi) is 6.38. The van der Waals surface area contributed by atoms with Crippen LogP contribution in [0.1, 0.15) is 47.3 Å². The van der Waals surface area contributed by atoms with Gasteiger partial charge in [0.2, 0.25) is 0 Å². The summed E-state index contributed by atoms with van der Waals surface area (Å²) in [6, 6.07) is 6.78. The molecule has 3 aromatic rings. The SMILES string of the molecule is CCCc1c(OCc2ccn3c(=O)c(CC#N)cnc3c2Cl)ccc(C(C)=O)c1O. The van der Waals surface area contributed by atoms with Crippen LogP contribution in [0.3, 0.4) is 0 Å². The summed E-state index contributed by atoms with van der Waals surface area (Å²) in [5, 5.41) is 19.5. The molecule has 154 valence electrons. The zero-order valence-electron chi connectivity index (χ0n) is 16.6. The zero-order valence-corrected chi connectivity index (χ0v) is 17.4. The molecule has 0 fully saturated rings. The summed E-state index contributed by atoms with van der Waals surface area (Å²) < 4.78 is 7.20. The highest BCUT2D eigenvalue weighted by Gasteiger charge is 2.17. The first-order valence-electron chi connectivity index (χ1n) is 9.42. The molecular formula is C22H20ClN3O4. The molecule has 1 aromatic carbocycles. The van der Waals surface area contributed by atoms with E-state index in [2.05, 4.69) is 4.98 Å². The van der Waals surface area contributed by atoms with E-state index in [1.54, 1.807) is 18.3 Å². The summed E-state index contributed by atoms with van der Waals surface area (Å²) in [6.45, 7) is 3.45. The van der Waals surface area contributed by atoms with E-state index in [4.69, 9.17) is 21.6 Å². The fourth-order valence-electron chi connectivity index (χ4n) is 3.19. The number of pyridine rings is 1. The summed E-state index contributed by atoms with van der Waals surface area (Å²) in [5.41, 5.74) is 1.65. The van der Waals surface area contributed by atoms with Gasteiger partial charge in [-0.1, -0.05) is 24.9 Å². The van der Waals surface area contributed by atoms with Gasteiger partial charge in [-0.3, -0.25) is 14.0 Å². The summed E-state index contributed by atoms with van der Waals surface area (Å²) in [7, 11) is 0. The number of aromatic nitrogens is 2. The standard InChI is InChI=1S/C22H20ClN3O4/c1-3-4-17-18(6-5-16(13(2)27)20(17)28)30-12-15-8-10-26-21(19(15)23)25-11-14(7-9-24)22(26)29/h5-6,8,10-11,28H,3-4,7,12H2,1-2H3. The van der Waals surface area contributed by atoms with E-state index in [-0.39, 0.29) is 46.4 Å². The Bertz CT molecular complexity index is 1230. The van der Waals surface area contributed by atoms with Crippen molar-refractivity contribution in [1.29, 1.82) is 5.26 Å². The molecule has 2 heterocycles. The van der Waals surface area contributed by atoms with Gasteiger partial charge in [-0.2, -0.15) is 5.26 Å². The van der Waals surface area contributed by atoms with Gasteiger partial charge in [0.05, 0.1) is 28.6 Å². The smallest absolute Gasteiger partial charge is 0.262 e. The van der Waals surface area contributed by atoms with E-state index < -0.39 is 0 Å². The Balaban J connectivity index is 1.94. The van der Waals surface area contributed by atoms with Gasteiger partial charge < -0.3 is 9.84 Å². The molecule has 1 N–H and O–H groups in total. The van der Waals surface area contributed by atoms with Crippen LogP contribution in [-0.2, 0) is 19.4 Å². The predicted octanol–water partition coefficient (Wildman–Crippen LogP) is 3.85. The number of rotatable bonds is 7. The maximum atomic E-state index is 12.4. The fourth-order valence-corrected chi connectivity index (χ4v) is 3.45. The van der Waals surface area contributed by atoms with Crippen molar-refractivity contribution >= 4 is 23.0 Å². The van der Waals surface area contributed by atoms with Crippen LogP contribution in [0.2, 0.25) is 5.02 Å². The van der Waals surface area contributed by atoms with Crippen LogP contribution in [0.5, 0.6) is 11.5 Å². The normalized spacial score (nSPS) is 10.7. The van der Waals surface area contributed by atoms with Crippen molar-refractivity contribution in [2.75, 3.05) is 0 Å². The van der Waals surface area contributed by atoms with Gasteiger partial charge in [0.1, 0.15) is 18.1 Å². The van der Waals surface area contributed by atoms with Crippen LogP contribution < -0.4 is 10.3 Å². The first-order chi connectivity index (χ1) is 14.4. The summed E-state index contributed by atoms with van der Waals surface area (Å²) in [6.07, 6.45) is 4.18. The number of hydrogen-bond donors (Lipinski definition) is 1. The van der Waals surface area contributed by atoms with Crippen LogP contribution >= 0.6 is 11.6 Å². The first kappa shape index (κ1) is 21.3. The Morgan fingerprint density at radius 1 is 1.33 bits per heavy atom. The lowest BCUT2D eigenvalue weighted by Crippen LogP contribution is -2.19. The molecule has 2 aromatic heterocycles. The molecule has 0 saturated heterocycles. The molecule has 0 atom stereocenters. The van der Waals surface area contributed by atoms with Crippen LogP contribution in [0, 0.1) is 11.3 Å². The number of carbonyl (C=O) groups excluding carboxylic acids is 1. The third-order valence-corrected chi connectivity index (χ3v) is 5.15. The van der Waals surface area contributed by atoms with Crippen molar-refractivity contribution in [3.63, 3.8) is 0 Å². The van der Waals surface area contributed by atoms with Gasteiger partial charge in [-0.15, -0.1) is 0 Å².